The van der Waals surface area contributed by atoms with Gasteiger partial charge in [-0.15, -0.1) is 0 Å². The summed E-state index contributed by atoms with van der Waals surface area (Å²) >= 11 is 0. The van der Waals surface area contributed by atoms with Crippen molar-refractivity contribution in [3.05, 3.63) is 52.7 Å². The number of pyridine rings is 1. The molecule has 7 nitrogen and oxygen atoms in total. The van der Waals surface area contributed by atoms with Gasteiger partial charge in [0.1, 0.15) is 5.76 Å². The fourth-order valence-electron chi connectivity index (χ4n) is 4.09. The van der Waals surface area contributed by atoms with Gasteiger partial charge in [0.15, 0.2) is 5.76 Å². The summed E-state index contributed by atoms with van der Waals surface area (Å²) in [6.07, 6.45) is 9.96. The highest BCUT2D eigenvalue weighted by Gasteiger charge is 2.30. The number of hydrogen-bond donors (Lipinski definition) is 1. The molecule has 4 rings (SSSR count). The second-order valence-corrected chi connectivity index (χ2v) is 7.65. The van der Waals surface area contributed by atoms with Crippen molar-refractivity contribution in [2.45, 2.75) is 51.9 Å². The molecule has 2 amide bonds. The molecule has 0 saturated carbocycles. The Kier molecular flexibility index (Phi) is 5.74. The van der Waals surface area contributed by atoms with Crippen molar-refractivity contribution in [2.24, 2.45) is 5.10 Å². The lowest BCUT2D eigenvalue weighted by atomic mass is 9.93. The number of aromatic nitrogens is 1. The number of hydrogen-bond acceptors (Lipinski definition) is 5. The quantitative estimate of drug-likeness (QED) is 0.808. The van der Waals surface area contributed by atoms with E-state index in [9.17, 15) is 9.59 Å². The molecule has 0 radical (unpaired) electrons. The Labute approximate surface area is 170 Å². The summed E-state index contributed by atoms with van der Waals surface area (Å²) in [5.74, 6) is 0.906. The van der Waals surface area contributed by atoms with Crippen LogP contribution in [0, 0.1) is 6.92 Å². The molecule has 1 saturated heterocycles. The average molecular weight is 394 g/mol. The molecule has 152 valence electrons. The zero-order chi connectivity index (χ0) is 20.2. The Bertz CT molecular complexity index is 925. The minimum atomic E-state index is -0.283. The van der Waals surface area contributed by atoms with Crippen molar-refractivity contribution in [2.75, 3.05) is 13.1 Å². The fourth-order valence-corrected chi connectivity index (χ4v) is 4.09. The van der Waals surface area contributed by atoms with Gasteiger partial charge in [-0.1, -0.05) is 12.8 Å². The van der Waals surface area contributed by atoms with Crippen molar-refractivity contribution < 1.29 is 14.0 Å². The smallest absolute Gasteiger partial charge is 0.289 e. The maximum atomic E-state index is 13.1. The number of carbonyl (C=O) groups excluding carboxylic acids is 2. The van der Waals surface area contributed by atoms with Gasteiger partial charge in [0, 0.05) is 48.6 Å². The van der Waals surface area contributed by atoms with Gasteiger partial charge >= 0.3 is 0 Å². The van der Waals surface area contributed by atoms with Gasteiger partial charge in [0.2, 0.25) is 0 Å². The van der Waals surface area contributed by atoms with E-state index >= 15 is 0 Å². The van der Waals surface area contributed by atoms with Crippen LogP contribution in [0.4, 0.5) is 0 Å². The predicted octanol–water partition coefficient (Wildman–Crippen LogP) is 3.47. The van der Waals surface area contributed by atoms with Gasteiger partial charge in [-0.25, -0.2) is 5.43 Å². The topological polar surface area (TPSA) is 87.8 Å². The summed E-state index contributed by atoms with van der Waals surface area (Å²) in [6, 6.07) is 3.28. The third-order valence-electron chi connectivity index (χ3n) is 5.65. The fraction of sp³-hybridized carbons (Fsp3) is 0.455. The third kappa shape index (κ3) is 4.09. The Morgan fingerprint density at radius 1 is 1.07 bits per heavy atom. The Hall–Kier alpha value is -2.96. The predicted molar refractivity (Wildman–Crippen MR) is 109 cm³/mol. The van der Waals surface area contributed by atoms with Crippen molar-refractivity contribution in [3.8, 4) is 0 Å². The van der Waals surface area contributed by atoms with E-state index in [0.717, 1.165) is 67.8 Å². The van der Waals surface area contributed by atoms with Crippen LogP contribution in [0.5, 0.6) is 0 Å². The van der Waals surface area contributed by atoms with Crippen LogP contribution >= 0.6 is 0 Å². The van der Waals surface area contributed by atoms with E-state index in [2.05, 4.69) is 15.5 Å². The molecular weight excluding hydrogens is 368 g/mol. The number of likely N-dealkylation sites (tertiary alicyclic amines) is 1. The molecule has 7 heteroatoms. The van der Waals surface area contributed by atoms with Crippen LogP contribution in [0.15, 0.2) is 34.0 Å². The maximum Gasteiger partial charge on any atom is 0.289 e. The first-order valence-corrected chi connectivity index (χ1v) is 10.3. The number of carbonyl (C=O) groups is 2. The molecule has 0 unspecified atom stereocenters. The first-order valence-electron chi connectivity index (χ1n) is 10.3. The van der Waals surface area contributed by atoms with Gasteiger partial charge in [0.05, 0.1) is 5.71 Å². The average Bonchev–Trinajstić information content (AvgIpc) is 2.93. The SMILES string of the molecule is Cc1c(C(=O)N2CCCCCC2)oc2c1/C(=N/NC(=O)c1ccncc1)CCC2. The second-order valence-electron chi connectivity index (χ2n) is 7.65. The summed E-state index contributed by atoms with van der Waals surface area (Å²) in [7, 11) is 0. The molecule has 0 bridgehead atoms. The molecule has 1 aliphatic heterocycles. The van der Waals surface area contributed by atoms with Crippen LogP contribution in [-0.4, -0.2) is 40.5 Å². The van der Waals surface area contributed by atoms with E-state index in [4.69, 9.17) is 4.42 Å². The van der Waals surface area contributed by atoms with Gasteiger partial charge in [-0.2, -0.15) is 5.10 Å². The summed E-state index contributed by atoms with van der Waals surface area (Å²) < 4.78 is 6.02. The monoisotopic (exact) mass is 394 g/mol. The zero-order valence-corrected chi connectivity index (χ0v) is 16.7. The van der Waals surface area contributed by atoms with Crippen LogP contribution in [0.3, 0.4) is 0 Å². The highest BCUT2D eigenvalue weighted by molar-refractivity contribution is 6.07. The molecule has 1 aliphatic carbocycles. The largest absolute Gasteiger partial charge is 0.455 e. The number of fused-ring (bicyclic) bond motifs is 1. The molecule has 1 fully saturated rings. The number of aryl methyl sites for hydroxylation is 1. The van der Waals surface area contributed by atoms with Crippen LogP contribution in [0.25, 0.3) is 0 Å². The summed E-state index contributed by atoms with van der Waals surface area (Å²) in [5.41, 5.74) is 5.60. The molecular formula is C22H26N4O3. The van der Waals surface area contributed by atoms with Crippen molar-refractivity contribution >= 4 is 17.5 Å². The van der Waals surface area contributed by atoms with Gasteiger partial charge < -0.3 is 9.32 Å². The minimum Gasteiger partial charge on any atom is -0.455 e. The Morgan fingerprint density at radius 2 is 1.79 bits per heavy atom. The van der Waals surface area contributed by atoms with Gasteiger partial charge in [0.25, 0.3) is 11.8 Å². The maximum absolute atomic E-state index is 13.1. The lowest BCUT2D eigenvalue weighted by Crippen LogP contribution is -2.32. The van der Waals surface area contributed by atoms with Crippen LogP contribution in [0.2, 0.25) is 0 Å². The second kappa shape index (κ2) is 8.59. The number of nitrogens with one attached hydrogen (secondary N) is 1. The highest BCUT2D eigenvalue weighted by atomic mass is 16.4. The zero-order valence-electron chi connectivity index (χ0n) is 16.7. The van der Waals surface area contributed by atoms with E-state index < -0.39 is 0 Å². The molecule has 0 spiro atoms. The molecule has 2 aromatic heterocycles. The Balaban J connectivity index is 1.57. The van der Waals surface area contributed by atoms with E-state index in [1.165, 1.54) is 12.8 Å². The van der Waals surface area contributed by atoms with Crippen LogP contribution in [-0.2, 0) is 6.42 Å². The van der Waals surface area contributed by atoms with E-state index in [1.54, 1.807) is 24.5 Å². The number of amides is 2. The molecule has 2 aliphatic rings. The number of rotatable bonds is 3. The number of furan rings is 1. The standard InChI is InChI=1S/C22H26N4O3/c1-15-19-17(24-25-21(27)16-9-11-23-12-10-16)7-6-8-18(19)29-20(15)22(28)26-13-4-2-3-5-14-26/h9-12H,2-8,13-14H2,1H3,(H,25,27)/b24-17+. The first-order chi connectivity index (χ1) is 14.1. The molecule has 0 atom stereocenters. The molecule has 2 aromatic rings. The van der Waals surface area contributed by atoms with E-state index in [-0.39, 0.29) is 11.8 Å². The lowest BCUT2D eigenvalue weighted by Gasteiger charge is -2.19. The summed E-state index contributed by atoms with van der Waals surface area (Å²) in [4.78, 5) is 31.2. The van der Waals surface area contributed by atoms with E-state index in [0.29, 0.717) is 11.3 Å². The van der Waals surface area contributed by atoms with Crippen molar-refractivity contribution in [3.63, 3.8) is 0 Å². The molecule has 3 heterocycles. The van der Waals surface area contributed by atoms with E-state index in [1.807, 2.05) is 11.8 Å². The van der Waals surface area contributed by atoms with Gasteiger partial charge in [-0.05, 0) is 44.7 Å². The third-order valence-corrected chi connectivity index (χ3v) is 5.65. The lowest BCUT2D eigenvalue weighted by molar-refractivity contribution is 0.0726. The first kappa shape index (κ1) is 19.4. The normalized spacial score (nSPS) is 18.2. The van der Waals surface area contributed by atoms with Crippen molar-refractivity contribution in [1.82, 2.24) is 15.3 Å². The number of nitrogens with zero attached hydrogens (tertiary/aromatic N) is 3. The minimum absolute atomic E-state index is 0.0287. The summed E-state index contributed by atoms with van der Waals surface area (Å²) in [6.45, 7) is 3.48. The molecule has 29 heavy (non-hydrogen) atoms. The van der Waals surface area contributed by atoms with Crippen molar-refractivity contribution in [1.29, 1.82) is 0 Å². The van der Waals surface area contributed by atoms with Crippen LogP contribution < -0.4 is 5.43 Å². The summed E-state index contributed by atoms with van der Waals surface area (Å²) in [5, 5.41) is 4.37. The van der Waals surface area contributed by atoms with Crippen LogP contribution in [0.1, 0.15) is 76.3 Å². The van der Waals surface area contributed by atoms with Gasteiger partial charge in [-0.3, -0.25) is 14.6 Å². The number of hydrazone groups is 1. The highest BCUT2D eigenvalue weighted by Crippen LogP contribution is 2.31. The molecule has 0 aromatic carbocycles. The Morgan fingerprint density at radius 3 is 2.52 bits per heavy atom. The molecule has 1 N–H and O–H groups in total.